The zero-order valence-electron chi connectivity index (χ0n) is 15.5. The van der Waals surface area contributed by atoms with Crippen LogP contribution in [0.25, 0.3) is 0 Å². The van der Waals surface area contributed by atoms with E-state index in [1.165, 1.54) is 16.2 Å². The van der Waals surface area contributed by atoms with Crippen molar-refractivity contribution in [1.29, 1.82) is 0 Å². The van der Waals surface area contributed by atoms with Crippen LogP contribution in [0.1, 0.15) is 32.2 Å². The third-order valence-corrected chi connectivity index (χ3v) is 4.71. The first kappa shape index (κ1) is 22.1. The van der Waals surface area contributed by atoms with Crippen molar-refractivity contribution < 1.29 is 9.59 Å². The second kappa shape index (κ2) is 9.66. The number of anilines is 1. The van der Waals surface area contributed by atoms with E-state index in [4.69, 9.17) is 5.73 Å². The van der Waals surface area contributed by atoms with Crippen molar-refractivity contribution in [2.45, 2.75) is 27.2 Å². The highest BCUT2D eigenvalue weighted by atomic mass is 35.5. The summed E-state index contributed by atoms with van der Waals surface area (Å²) < 4.78 is 0. The number of hydrogen-bond acceptors (Lipinski definition) is 5. The van der Waals surface area contributed by atoms with Gasteiger partial charge >= 0.3 is 0 Å². The van der Waals surface area contributed by atoms with Gasteiger partial charge in [0.15, 0.2) is 0 Å². The van der Waals surface area contributed by atoms with Crippen molar-refractivity contribution in [3.8, 4) is 0 Å². The maximum absolute atomic E-state index is 12.4. The van der Waals surface area contributed by atoms with Gasteiger partial charge in [-0.25, -0.2) is 4.98 Å². The van der Waals surface area contributed by atoms with Crippen LogP contribution in [0.2, 0.25) is 0 Å². The molecule has 0 atom stereocenters. The molecule has 2 rings (SSSR count). The first-order valence-electron chi connectivity index (χ1n) is 8.09. The van der Waals surface area contributed by atoms with Crippen molar-refractivity contribution in [3.63, 3.8) is 0 Å². The second-order valence-electron chi connectivity index (χ2n) is 6.15. The maximum Gasteiger partial charge on any atom is 0.273 e. The molecule has 8 heteroatoms. The Morgan fingerprint density at radius 3 is 2.42 bits per heavy atom. The maximum atomic E-state index is 12.4. The number of nitrogens with one attached hydrogen (secondary N) is 1. The third-order valence-electron chi connectivity index (χ3n) is 3.80. The van der Waals surface area contributed by atoms with E-state index in [-0.39, 0.29) is 30.8 Å². The van der Waals surface area contributed by atoms with Gasteiger partial charge in [0, 0.05) is 24.5 Å². The van der Waals surface area contributed by atoms with Crippen LogP contribution in [0.15, 0.2) is 17.5 Å². The number of carbonyl (C=O) groups excluding carboxylic acids is 2. The molecule has 142 valence electrons. The lowest BCUT2D eigenvalue weighted by Crippen LogP contribution is -2.35. The molecule has 2 amide bonds. The first-order chi connectivity index (χ1) is 11.8. The van der Waals surface area contributed by atoms with Gasteiger partial charge in [-0.1, -0.05) is 17.7 Å². The predicted octanol–water partition coefficient (Wildman–Crippen LogP) is 2.70. The number of nitrogens with two attached hydrogens (primary N) is 1. The topological polar surface area (TPSA) is 88.3 Å². The van der Waals surface area contributed by atoms with Gasteiger partial charge in [-0.3, -0.25) is 9.59 Å². The lowest BCUT2D eigenvalue weighted by atomic mass is 10.1. The summed E-state index contributed by atoms with van der Waals surface area (Å²) in [5, 5.41) is 5.43. The largest absolute Gasteiger partial charge is 0.331 e. The molecular formula is C18H25ClN4O2S. The van der Waals surface area contributed by atoms with Crippen molar-refractivity contribution >= 4 is 41.2 Å². The third kappa shape index (κ3) is 5.52. The molecule has 0 radical (unpaired) electrons. The molecule has 6 nitrogen and oxygen atoms in total. The lowest BCUT2D eigenvalue weighted by molar-refractivity contribution is -0.116. The molecule has 0 aliphatic heterocycles. The highest BCUT2D eigenvalue weighted by Gasteiger charge is 2.18. The predicted molar refractivity (Wildman–Crippen MR) is 108 cm³/mol. The van der Waals surface area contributed by atoms with Crippen LogP contribution in [-0.4, -0.2) is 41.8 Å². The second-order valence-corrected chi connectivity index (χ2v) is 7.09. The molecule has 26 heavy (non-hydrogen) atoms. The number of likely N-dealkylation sites (N-methyl/N-ethyl adjacent to an activating group) is 1. The Morgan fingerprint density at radius 2 is 1.85 bits per heavy atom. The summed E-state index contributed by atoms with van der Waals surface area (Å²) in [6.07, 6.45) is 0.647. The zero-order valence-corrected chi connectivity index (χ0v) is 17.1. The molecule has 0 unspecified atom stereocenters. The molecule has 3 N–H and O–H groups in total. The van der Waals surface area contributed by atoms with E-state index in [0.29, 0.717) is 18.7 Å². The number of benzene rings is 1. The highest BCUT2D eigenvalue weighted by Crippen LogP contribution is 2.22. The molecule has 1 heterocycles. The molecule has 2 aromatic rings. The van der Waals surface area contributed by atoms with Gasteiger partial charge in [0.05, 0.1) is 11.6 Å². The summed E-state index contributed by atoms with van der Waals surface area (Å²) >= 11 is 1.41. The van der Waals surface area contributed by atoms with E-state index < -0.39 is 0 Å². The van der Waals surface area contributed by atoms with Crippen molar-refractivity contribution in [1.82, 2.24) is 9.88 Å². The van der Waals surface area contributed by atoms with Crippen LogP contribution in [0.5, 0.6) is 0 Å². The number of nitrogens with zero attached hydrogens (tertiary/aromatic N) is 2. The Balaban J connectivity index is 0.00000338. The quantitative estimate of drug-likeness (QED) is 0.785. The van der Waals surface area contributed by atoms with E-state index in [0.717, 1.165) is 27.4 Å². The summed E-state index contributed by atoms with van der Waals surface area (Å²) in [4.78, 5) is 30.3. The number of aryl methyl sites for hydroxylation is 3. The minimum absolute atomic E-state index is 0. The van der Waals surface area contributed by atoms with Crippen molar-refractivity contribution in [2.75, 3.05) is 25.5 Å². The van der Waals surface area contributed by atoms with Crippen molar-refractivity contribution in [3.05, 3.63) is 44.9 Å². The van der Waals surface area contributed by atoms with Crippen LogP contribution in [0.4, 0.5) is 5.69 Å². The van der Waals surface area contributed by atoms with Gasteiger partial charge in [0.2, 0.25) is 5.91 Å². The van der Waals surface area contributed by atoms with Gasteiger partial charge in [-0.15, -0.1) is 23.7 Å². The van der Waals surface area contributed by atoms with E-state index >= 15 is 0 Å². The minimum atomic E-state index is -0.271. The molecule has 0 bridgehead atoms. The van der Waals surface area contributed by atoms with E-state index in [9.17, 15) is 9.59 Å². The Morgan fingerprint density at radius 1 is 1.23 bits per heavy atom. The molecular weight excluding hydrogens is 372 g/mol. The fraction of sp³-hybridized carbons (Fsp3) is 0.389. The average Bonchev–Trinajstić information content (AvgIpc) is 2.99. The van der Waals surface area contributed by atoms with Crippen LogP contribution in [0, 0.1) is 20.8 Å². The zero-order chi connectivity index (χ0) is 18.6. The number of amides is 2. The number of halogens is 1. The normalized spacial score (nSPS) is 10.2. The fourth-order valence-corrected chi connectivity index (χ4v) is 3.47. The van der Waals surface area contributed by atoms with Gasteiger partial charge in [-0.05, 0) is 38.4 Å². The molecule has 0 fully saturated rings. The van der Waals surface area contributed by atoms with Crippen LogP contribution >= 0.6 is 23.7 Å². The SMILES string of the molecule is Cc1cc(C)c(NC(=O)CN(C)C(=O)c2csc(CCN)n2)c(C)c1.Cl. The summed E-state index contributed by atoms with van der Waals surface area (Å²) in [5.74, 6) is -0.504. The monoisotopic (exact) mass is 396 g/mol. The van der Waals surface area contributed by atoms with Gasteiger partial charge in [0.25, 0.3) is 5.91 Å². The standard InChI is InChI=1S/C18H24N4O2S.ClH/c1-11-7-12(2)17(13(3)8-11)21-15(23)9-22(4)18(24)14-10-25-16(20-14)5-6-19;/h7-8,10H,5-6,9,19H2,1-4H3,(H,21,23);1H. The minimum Gasteiger partial charge on any atom is -0.331 e. The van der Waals surface area contributed by atoms with Gasteiger partial charge in [-0.2, -0.15) is 0 Å². The van der Waals surface area contributed by atoms with Crippen molar-refractivity contribution in [2.24, 2.45) is 5.73 Å². The molecule has 0 aliphatic rings. The smallest absolute Gasteiger partial charge is 0.273 e. The average molecular weight is 397 g/mol. The number of rotatable bonds is 6. The van der Waals surface area contributed by atoms with Crippen LogP contribution < -0.4 is 11.1 Å². The van der Waals surface area contributed by atoms with Gasteiger partial charge in [0.1, 0.15) is 5.69 Å². The van der Waals surface area contributed by atoms with Crippen LogP contribution in [-0.2, 0) is 11.2 Å². The van der Waals surface area contributed by atoms with Crippen LogP contribution in [0.3, 0.4) is 0 Å². The number of aromatic nitrogens is 1. The highest BCUT2D eigenvalue weighted by molar-refractivity contribution is 7.09. The van der Waals surface area contributed by atoms with E-state index in [2.05, 4.69) is 10.3 Å². The number of carbonyl (C=O) groups is 2. The molecule has 0 aliphatic carbocycles. The molecule has 1 aromatic carbocycles. The first-order valence-corrected chi connectivity index (χ1v) is 8.97. The molecule has 0 saturated carbocycles. The summed E-state index contributed by atoms with van der Waals surface area (Å²) in [7, 11) is 1.60. The van der Waals surface area contributed by atoms with E-state index in [1.807, 2.05) is 32.9 Å². The Labute approximate surface area is 164 Å². The Hall–Kier alpha value is -1.96. The molecule has 0 spiro atoms. The lowest BCUT2D eigenvalue weighted by Gasteiger charge is -2.17. The Bertz CT molecular complexity index is 768. The number of hydrogen-bond donors (Lipinski definition) is 2. The molecule has 0 saturated heterocycles. The fourth-order valence-electron chi connectivity index (χ4n) is 2.69. The summed E-state index contributed by atoms with van der Waals surface area (Å²) in [6, 6.07) is 4.04. The Kier molecular flexibility index (Phi) is 8.20. The summed E-state index contributed by atoms with van der Waals surface area (Å²) in [5.41, 5.74) is 9.81. The molecule has 1 aromatic heterocycles. The van der Waals surface area contributed by atoms with Gasteiger partial charge < -0.3 is 16.0 Å². The summed E-state index contributed by atoms with van der Waals surface area (Å²) in [6.45, 7) is 6.40. The van der Waals surface area contributed by atoms with E-state index in [1.54, 1.807) is 12.4 Å². The number of thiazole rings is 1.